The molecule has 1 aliphatic heterocycles. The first-order valence-corrected chi connectivity index (χ1v) is 10.3. The highest BCUT2D eigenvalue weighted by atomic mass is 16.5. The Morgan fingerprint density at radius 1 is 1.00 bits per heavy atom. The Bertz CT molecular complexity index is 976. The van der Waals surface area contributed by atoms with E-state index in [4.69, 9.17) is 0 Å². The van der Waals surface area contributed by atoms with E-state index in [1.165, 1.54) is 11.1 Å². The average molecular weight is 391 g/mol. The maximum atomic E-state index is 12.7. The van der Waals surface area contributed by atoms with Crippen molar-refractivity contribution in [1.82, 2.24) is 14.7 Å². The molecule has 0 aliphatic carbocycles. The first-order chi connectivity index (χ1) is 14.0. The van der Waals surface area contributed by atoms with Crippen LogP contribution >= 0.6 is 0 Å². The Balaban J connectivity index is 1.59. The van der Waals surface area contributed by atoms with E-state index in [0.29, 0.717) is 5.69 Å². The molecule has 4 rings (SSSR count). The second-order valence-electron chi connectivity index (χ2n) is 8.42. The maximum absolute atomic E-state index is 12.7. The van der Waals surface area contributed by atoms with E-state index in [1.54, 1.807) is 6.20 Å². The van der Waals surface area contributed by atoms with E-state index >= 15 is 0 Å². The summed E-state index contributed by atoms with van der Waals surface area (Å²) in [5.41, 5.74) is 4.20. The third kappa shape index (κ3) is 4.58. The van der Waals surface area contributed by atoms with Crippen molar-refractivity contribution in [2.45, 2.75) is 13.1 Å². The number of hydrogen-bond acceptors (Lipinski definition) is 4. The largest absolute Gasteiger partial charge is 0.618 e. The fourth-order valence-electron chi connectivity index (χ4n) is 4.05. The molecule has 0 bridgehead atoms. The summed E-state index contributed by atoms with van der Waals surface area (Å²) >= 11 is 0. The highest BCUT2D eigenvalue weighted by molar-refractivity contribution is 5.87. The van der Waals surface area contributed by atoms with Gasteiger partial charge in [0.25, 0.3) is 0 Å². The number of pyridine rings is 1. The lowest BCUT2D eigenvalue weighted by Gasteiger charge is -2.32. The minimum absolute atomic E-state index is 0.704. The molecule has 152 valence electrons. The van der Waals surface area contributed by atoms with Crippen molar-refractivity contribution in [3.63, 3.8) is 0 Å². The second-order valence-corrected chi connectivity index (χ2v) is 8.42. The lowest BCUT2D eigenvalue weighted by Crippen LogP contribution is -2.43. The van der Waals surface area contributed by atoms with Crippen LogP contribution in [0.25, 0.3) is 22.0 Å². The highest BCUT2D eigenvalue weighted by Gasteiger charge is 2.16. The van der Waals surface area contributed by atoms with Gasteiger partial charge in [0, 0.05) is 56.3 Å². The van der Waals surface area contributed by atoms with Crippen molar-refractivity contribution < 1.29 is 4.73 Å². The van der Waals surface area contributed by atoms with Gasteiger partial charge >= 0.3 is 0 Å². The molecule has 1 saturated heterocycles. The van der Waals surface area contributed by atoms with Crippen molar-refractivity contribution in [3.8, 4) is 11.3 Å². The second kappa shape index (κ2) is 8.49. The molecule has 0 unspecified atom stereocenters. The van der Waals surface area contributed by atoms with E-state index in [2.05, 4.69) is 66.2 Å². The summed E-state index contributed by atoms with van der Waals surface area (Å²) in [5, 5.41) is 14.8. The molecule has 2 aromatic carbocycles. The molecule has 1 aromatic heterocycles. The molecule has 1 fully saturated rings. The van der Waals surface area contributed by atoms with Gasteiger partial charge in [-0.15, -0.1) is 0 Å². The summed E-state index contributed by atoms with van der Waals surface area (Å²) in [6, 6.07) is 16.7. The molecule has 0 amide bonds. The molecule has 1 aliphatic rings. The van der Waals surface area contributed by atoms with Gasteiger partial charge in [0.15, 0.2) is 6.20 Å². The molecule has 0 N–H and O–H groups in total. The highest BCUT2D eigenvalue weighted by Crippen LogP contribution is 2.25. The van der Waals surface area contributed by atoms with Gasteiger partial charge in [-0.2, -0.15) is 4.73 Å². The van der Waals surface area contributed by atoms with Gasteiger partial charge in [0.2, 0.25) is 5.69 Å². The zero-order valence-electron chi connectivity index (χ0n) is 17.6. The molecule has 0 atom stereocenters. The molecule has 0 saturated carbocycles. The van der Waals surface area contributed by atoms with E-state index < -0.39 is 0 Å². The Morgan fingerprint density at radius 2 is 1.72 bits per heavy atom. The van der Waals surface area contributed by atoms with Crippen LogP contribution in [-0.4, -0.2) is 62.0 Å². The molecule has 0 spiro atoms. The van der Waals surface area contributed by atoms with E-state index in [0.717, 1.165) is 60.3 Å². The van der Waals surface area contributed by atoms with Crippen molar-refractivity contribution in [1.29, 1.82) is 0 Å². The van der Waals surface area contributed by atoms with Gasteiger partial charge < -0.3 is 15.0 Å². The van der Waals surface area contributed by atoms with Crippen LogP contribution in [0, 0.1) is 5.21 Å². The van der Waals surface area contributed by atoms with E-state index in [1.807, 2.05) is 18.2 Å². The lowest BCUT2D eigenvalue weighted by atomic mass is 10.0. The van der Waals surface area contributed by atoms with Gasteiger partial charge in [-0.05, 0) is 55.9 Å². The third-order valence-electron chi connectivity index (χ3n) is 5.74. The van der Waals surface area contributed by atoms with Crippen LogP contribution in [0.3, 0.4) is 0 Å². The summed E-state index contributed by atoms with van der Waals surface area (Å²) in [5.74, 6) is 0. The topological polar surface area (TPSA) is 36.7 Å². The summed E-state index contributed by atoms with van der Waals surface area (Å²) < 4.78 is 0.997. The molecule has 0 radical (unpaired) electrons. The predicted molar refractivity (Wildman–Crippen MR) is 119 cm³/mol. The van der Waals surface area contributed by atoms with Crippen molar-refractivity contribution >= 4 is 10.8 Å². The first-order valence-electron chi connectivity index (χ1n) is 10.3. The third-order valence-corrected chi connectivity index (χ3v) is 5.74. The zero-order valence-corrected chi connectivity index (χ0v) is 17.6. The number of nitrogens with zero attached hydrogens (tertiary/aromatic N) is 4. The van der Waals surface area contributed by atoms with Crippen LogP contribution in [0.15, 0.2) is 54.7 Å². The monoisotopic (exact) mass is 390 g/mol. The van der Waals surface area contributed by atoms with Crippen molar-refractivity contribution in [2.24, 2.45) is 0 Å². The Kier molecular flexibility index (Phi) is 5.81. The molecular weight excluding hydrogens is 360 g/mol. The van der Waals surface area contributed by atoms with Gasteiger partial charge in [0.05, 0.1) is 0 Å². The summed E-state index contributed by atoms with van der Waals surface area (Å²) in [6.07, 6.45) is 1.70. The number of likely N-dealkylation sites (N-methyl/N-ethyl adjacent to an activating group) is 1. The van der Waals surface area contributed by atoms with Crippen molar-refractivity contribution in [2.75, 3.05) is 47.3 Å². The Labute approximate surface area is 173 Å². The number of piperazine rings is 1. The maximum Gasteiger partial charge on any atom is 0.224 e. The van der Waals surface area contributed by atoms with E-state index in [-0.39, 0.29) is 0 Å². The lowest BCUT2D eigenvalue weighted by molar-refractivity contribution is -0.592. The number of benzene rings is 2. The van der Waals surface area contributed by atoms with Gasteiger partial charge in [0.1, 0.15) is 0 Å². The number of rotatable bonds is 5. The minimum Gasteiger partial charge on any atom is -0.618 e. The number of hydrogen-bond donors (Lipinski definition) is 0. The fraction of sp³-hybridized carbons (Fsp3) is 0.375. The summed E-state index contributed by atoms with van der Waals surface area (Å²) in [7, 11) is 6.31. The standard InChI is InChI=1S/C24H30N4O/c1-25(2)17-21-5-4-6-22-18-28(29)24(15-23(21)22)20-9-7-19(8-10-20)16-27-13-11-26(3)12-14-27/h4-10,15,18H,11-14,16-17H2,1-3H3. The quantitative estimate of drug-likeness (QED) is 0.496. The minimum atomic E-state index is 0.704. The Hall–Kier alpha value is -2.47. The van der Waals surface area contributed by atoms with Crippen LogP contribution in [0.4, 0.5) is 0 Å². The average Bonchev–Trinajstić information content (AvgIpc) is 2.70. The molecular formula is C24H30N4O. The van der Waals surface area contributed by atoms with Crippen LogP contribution in [0.5, 0.6) is 0 Å². The molecule has 5 heteroatoms. The van der Waals surface area contributed by atoms with Gasteiger partial charge in [-0.1, -0.05) is 24.3 Å². The zero-order chi connectivity index (χ0) is 20.4. The van der Waals surface area contributed by atoms with Crippen LogP contribution < -0.4 is 4.73 Å². The first kappa shape index (κ1) is 19.8. The molecule has 2 heterocycles. The summed E-state index contributed by atoms with van der Waals surface area (Å²) in [4.78, 5) is 7.02. The van der Waals surface area contributed by atoms with Crippen LogP contribution in [0.1, 0.15) is 11.1 Å². The molecule has 29 heavy (non-hydrogen) atoms. The van der Waals surface area contributed by atoms with Gasteiger partial charge in [-0.3, -0.25) is 4.90 Å². The van der Waals surface area contributed by atoms with Crippen LogP contribution in [0.2, 0.25) is 0 Å². The Morgan fingerprint density at radius 3 is 2.41 bits per heavy atom. The molecule has 5 nitrogen and oxygen atoms in total. The summed E-state index contributed by atoms with van der Waals surface area (Å²) in [6.45, 7) is 6.29. The normalized spacial score (nSPS) is 16.0. The smallest absolute Gasteiger partial charge is 0.224 e. The SMILES string of the molecule is CN(C)Cc1cccc2c[n+]([O-])c(-c3ccc(CN4CCN(C)CC4)cc3)cc12. The predicted octanol–water partition coefficient (Wildman–Crippen LogP) is 2.95. The number of fused-ring (bicyclic) bond motifs is 1. The van der Waals surface area contributed by atoms with Gasteiger partial charge in [-0.25, -0.2) is 0 Å². The van der Waals surface area contributed by atoms with E-state index in [9.17, 15) is 5.21 Å². The molecule has 3 aromatic rings. The number of aromatic nitrogens is 1. The van der Waals surface area contributed by atoms with Crippen LogP contribution in [-0.2, 0) is 13.1 Å². The van der Waals surface area contributed by atoms with Crippen molar-refractivity contribution in [3.05, 3.63) is 71.1 Å². The fourth-order valence-corrected chi connectivity index (χ4v) is 4.05.